The average molecular weight is 1200 g/mol. The molecule has 2 bridgehead atoms. The Bertz CT molecular complexity index is 2570. The zero-order chi connectivity index (χ0) is 59.5. The molecule has 81 heavy (non-hydrogen) atoms. The van der Waals surface area contributed by atoms with Gasteiger partial charge in [-0.05, 0) is 101 Å². The van der Waals surface area contributed by atoms with Gasteiger partial charge in [-0.1, -0.05) is 44.9 Å². The van der Waals surface area contributed by atoms with Crippen molar-refractivity contribution in [1.29, 1.82) is 0 Å². The van der Waals surface area contributed by atoms with Gasteiger partial charge in [-0.15, -0.1) is 6.58 Å². The number of aliphatic hydroxyl groups is 8. The molecule has 0 aromatic rings. The van der Waals surface area contributed by atoms with Crippen molar-refractivity contribution in [3.8, 4) is 0 Å². The van der Waals surface area contributed by atoms with E-state index in [1.54, 1.807) is 0 Å². The molecular formula is C53H84O26S2. The van der Waals surface area contributed by atoms with Crippen molar-refractivity contribution in [3.63, 3.8) is 0 Å². The van der Waals surface area contributed by atoms with Crippen LogP contribution in [0.3, 0.4) is 0 Å². The Balaban J connectivity index is 0.880. The third kappa shape index (κ3) is 11.3. The summed E-state index contributed by atoms with van der Waals surface area (Å²) >= 11 is 0. The second kappa shape index (κ2) is 23.0. The van der Waals surface area contributed by atoms with Gasteiger partial charge in [-0.25, -0.2) is 4.18 Å². The molecule has 3 saturated carbocycles. The summed E-state index contributed by atoms with van der Waals surface area (Å²) < 4.78 is 130. The summed E-state index contributed by atoms with van der Waals surface area (Å²) in [4.78, 5) is 14.2. The minimum atomic E-state index is -5.01. The molecule has 0 aromatic heterocycles. The lowest BCUT2D eigenvalue weighted by Gasteiger charge is -2.64. The molecule has 5 heterocycles. The number of carbonyl (C=O) groups excluding carboxylic acids is 1. The normalized spacial score (nSPS) is 48.7. The molecule has 26 nitrogen and oxygen atoms in total. The third-order valence-electron chi connectivity index (χ3n) is 20.2. The fourth-order valence-corrected chi connectivity index (χ4v) is 17.2. The van der Waals surface area contributed by atoms with Crippen LogP contribution in [0.5, 0.6) is 0 Å². The second-order valence-electron chi connectivity index (χ2n) is 25.6. The Kier molecular flexibility index (Phi) is 18.0. The summed E-state index contributed by atoms with van der Waals surface area (Å²) in [7, 11) is -8.88. The van der Waals surface area contributed by atoms with Crippen LogP contribution < -0.4 is 0 Å². The van der Waals surface area contributed by atoms with Gasteiger partial charge < -0.3 is 88.2 Å². The first-order valence-electron chi connectivity index (χ1n) is 27.9. The van der Waals surface area contributed by atoms with E-state index in [0.29, 0.717) is 44.9 Å². The summed E-state index contributed by atoms with van der Waals surface area (Å²) in [6.07, 6.45) is -22.4. The van der Waals surface area contributed by atoms with Crippen LogP contribution in [-0.4, -0.2) is 227 Å². The third-order valence-corrected chi connectivity index (χ3v) is 21.8. The summed E-state index contributed by atoms with van der Waals surface area (Å²) in [5, 5.41) is 89.1. The Labute approximate surface area is 472 Å². The number of methoxy groups -OCH3 is 1. The molecular weight excluding hydrogens is 1120 g/mol. The summed E-state index contributed by atoms with van der Waals surface area (Å²) in [6, 6.07) is 0. The number of hydrogen-bond acceptors (Lipinski definition) is 24. The number of allylic oxidation sites excluding steroid dienone is 3. The predicted molar refractivity (Wildman–Crippen MR) is 276 cm³/mol. The van der Waals surface area contributed by atoms with Gasteiger partial charge in [0.15, 0.2) is 25.2 Å². The first-order chi connectivity index (χ1) is 37.6. The molecule has 8 fully saturated rings. The Morgan fingerprint density at radius 3 is 2.09 bits per heavy atom. The van der Waals surface area contributed by atoms with E-state index in [-0.39, 0.29) is 29.1 Å². The van der Waals surface area contributed by atoms with E-state index in [9.17, 15) is 67.0 Å². The molecule has 1 spiro atoms. The van der Waals surface area contributed by atoms with Crippen LogP contribution in [0.25, 0.3) is 0 Å². The van der Waals surface area contributed by atoms with Gasteiger partial charge in [-0.2, -0.15) is 16.8 Å². The van der Waals surface area contributed by atoms with Gasteiger partial charge in [0.1, 0.15) is 84.6 Å². The summed E-state index contributed by atoms with van der Waals surface area (Å²) in [6.45, 7) is 15.6. The molecule has 0 amide bonds. The Morgan fingerprint density at radius 1 is 0.790 bits per heavy atom. The van der Waals surface area contributed by atoms with Crippen LogP contribution in [0.15, 0.2) is 23.8 Å². The van der Waals surface area contributed by atoms with Crippen molar-refractivity contribution < 1.29 is 123 Å². The summed E-state index contributed by atoms with van der Waals surface area (Å²) in [5.74, 6) is -0.500. The summed E-state index contributed by atoms with van der Waals surface area (Å²) in [5.41, 5.74) is -1.19. The Hall–Kier alpha value is -1.95. The first kappa shape index (κ1) is 63.5. The van der Waals surface area contributed by atoms with Gasteiger partial charge in [0, 0.05) is 18.4 Å². The minimum Gasteiger partial charge on any atom is -0.461 e. The lowest BCUT2D eigenvalue weighted by atomic mass is 9.40. The van der Waals surface area contributed by atoms with E-state index in [0.717, 1.165) is 25.5 Å². The van der Waals surface area contributed by atoms with Gasteiger partial charge in [-0.3, -0.25) is 13.9 Å². The molecule has 4 aliphatic carbocycles. The van der Waals surface area contributed by atoms with E-state index in [1.807, 2.05) is 13.8 Å². The minimum absolute atomic E-state index is 0.00520. The molecule has 9 aliphatic rings. The molecule has 27 atom stereocenters. The van der Waals surface area contributed by atoms with Crippen LogP contribution in [0.2, 0.25) is 0 Å². The highest BCUT2D eigenvalue weighted by molar-refractivity contribution is 7.86. The van der Waals surface area contributed by atoms with E-state index >= 15 is 0 Å². The van der Waals surface area contributed by atoms with Crippen LogP contribution in [0.1, 0.15) is 106 Å². The molecule has 9 rings (SSSR count). The number of rotatable bonds is 18. The number of hydrogen-bond donors (Lipinski definition) is 10. The number of ether oxygens (including phenoxy) is 10. The molecule has 3 unspecified atom stereocenters. The van der Waals surface area contributed by atoms with Crippen molar-refractivity contribution in [2.75, 3.05) is 26.9 Å². The molecule has 5 saturated heterocycles. The smallest absolute Gasteiger partial charge is 0.397 e. The molecule has 10 N–H and O–H groups in total. The lowest BCUT2D eigenvalue weighted by Crippen LogP contribution is -2.66. The average Bonchev–Trinajstić information content (AvgIpc) is 1.61. The van der Waals surface area contributed by atoms with Crippen molar-refractivity contribution in [3.05, 3.63) is 23.8 Å². The number of esters is 1. The van der Waals surface area contributed by atoms with Crippen molar-refractivity contribution in [2.24, 2.45) is 39.4 Å². The quantitative estimate of drug-likeness (QED) is 0.0488. The van der Waals surface area contributed by atoms with Crippen LogP contribution in [0.4, 0.5) is 0 Å². The van der Waals surface area contributed by atoms with Gasteiger partial charge >= 0.3 is 16.4 Å². The van der Waals surface area contributed by atoms with E-state index in [1.165, 1.54) is 12.5 Å². The van der Waals surface area contributed by atoms with Gasteiger partial charge in [0.05, 0.1) is 43.0 Å². The van der Waals surface area contributed by atoms with Crippen molar-refractivity contribution in [2.45, 2.75) is 234 Å². The van der Waals surface area contributed by atoms with Crippen LogP contribution >= 0.6 is 0 Å². The maximum Gasteiger partial charge on any atom is 0.397 e. The number of fused-ring (bicyclic) bond motifs is 5. The van der Waals surface area contributed by atoms with E-state index < -0.39 is 184 Å². The van der Waals surface area contributed by atoms with Crippen LogP contribution in [0, 0.1) is 39.4 Å². The predicted octanol–water partition coefficient (Wildman–Crippen LogP) is -0.0554. The number of carbonyl (C=O) groups is 1. The molecule has 28 heteroatoms. The highest BCUT2D eigenvalue weighted by Gasteiger charge is 2.79. The fourth-order valence-electron chi connectivity index (χ4n) is 16.2. The zero-order valence-corrected chi connectivity index (χ0v) is 48.5. The lowest BCUT2D eigenvalue weighted by molar-refractivity contribution is -0.379. The van der Waals surface area contributed by atoms with E-state index in [2.05, 4.69) is 44.5 Å². The van der Waals surface area contributed by atoms with Crippen LogP contribution in [-0.2, 0) is 76.9 Å². The second-order valence-corrected chi connectivity index (χ2v) is 28.3. The highest BCUT2D eigenvalue weighted by Crippen LogP contribution is 2.76. The van der Waals surface area contributed by atoms with Gasteiger partial charge in [0.2, 0.25) is 0 Å². The van der Waals surface area contributed by atoms with Crippen molar-refractivity contribution in [1.82, 2.24) is 0 Å². The molecule has 0 radical (unpaired) electrons. The monoisotopic (exact) mass is 1200 g/mol. The number of aliphatic hydroxyl groups excluding tert-OH is 7. The SMILES string of the molecule is C=C(C)CCC[C@](C)(O)[C@H]1[C@@H]2C[C@@]3(C)C4=CCC5C(C)(C)C(O[C@@H]6OC[C@@H](S(=O)(=O)O)[C@H](O)[C@H]6O[C@@H]6O[C@H](C)[C@@H](O[C@@H]7OC[C@@H](O)[C@H](O[C@@H]8O[C@H](COS(=O)(=O)O)[C@@H](O)[C@H](OC)[C@H]8O)[C@H]7O)[C@H](O)[C@H]6O)CC[C@]5(C)[C@@H]4CCC13C(=O)O2. The first-order valence-corrected chi connectivity index (χ1v) is 30.8. The topological polar surface area (TPSA) is 389 Å². The fraction of sp³-hybridized carbons (Fsp3) is 0.906. The maximum atomic E-state index is 14.2. The maximum absolute atomic E-state index is 14.2. The highest BCUT2D eigenvalue weighted by atomic mass is 32.3. The Morgan fingerprint density at radius 2 is 1.43 bits per heavy atom. The standard InChI is InChI=1S/C53H84O26S2/c1-23(2)11-10-16-52(8,62)43-28-19-51(7)26-12-13-31-49(4,5)32(15-17-50(31,6)25(26)14-18-53(43,51)48(61)75-28)76-47-42(34(56)30(22-71-47)80(63,64)65)79-45-36(58)35(57)39(24(3)73-45)77-44-37(59)40(27(54)20-70-44)78-46-38(60)41(69-9)33(55)29(74-46)21-72-81(66,67)68/h12,24-25,27-47,54-60,62H,1,10-11,13-22H2,2-9H3,(H,63,64,65)(H,66,67,68)/t24-,25-,27-,28+,29-,30-,31?,32?,33-,34+,35-,36-,37-,38-,39-,40+,41+,42-,43-,44+,45+,46+,47+,50-,51+,52+,53?/m1/s1. The molecule has 5 aliphatic heterocycles. The molecule has 0 aromatic carbocycles. The van der Waals surface area contributed by atoms with Crippen molar-refractivity contribution >= 4 is 26.5 Å². The largest absolute Gasteiger partial charge is 0.461 e. The molecule has 464 valence electrons. The van der Waals surface area contributed by atoms with Gasteiger partial charge in [0.25, 0.3) is 10.1 Å². The zero-order valence-electron chi connectivity index (χ0n) is 46.9. The van der Waals surface area contributed by atoms with E-state index in [4.69, 9.17) is 51.9 Å².